The maximum atomic E-state index is 13.1. The smallest absolute Gasteiger partial charge is 0.254 e. The fraction of sp³-hybridized carbons (Fsp3) is 0.261. The van der Waals surface area contributed by atoms with E-state index in [2.05, 4.69) is 16.0 Å². The molecular formula is C23H22N4O. The van der Waals surface area contributed by atoms with Gasteiger partial charge in [-0.1, -0.05) is 24.3 Å². The quantitative estimate of drug-likeness (QED) is 0.588. The Kier molecular flexibility index (Phi) is 4.28. The zero-order valence-corrected chi connectivity index (χ0v) is 15.6. The molecule has 1 aliphatic rings. The summed E-state index contributed by atoms with van der Waals surface area (Å²) in [4.78, 5) is 27.4. The maximum Gasteiger partial charge on any atom is 0.254 e. The zero-order chi connectivity index (χ0) is 18.9. The predicted molar refractivity (Wildman–Crippen MR) is 110 cm³/mol. The molecule has 3 heterocycles. The first-order valence-electron chi connectivity index (χ1n) is 9.83. The van der Waals surface area contributed by atoms with Gasteiger partial charge in [0.15, 0.2) is 0 Å². The fourth-order valence-corrected chi connectivity index (χ4v) is 4.20. The summed E-state index contributed by atoms with van der Waals surface area (Å²) in [5, 5.41) is 1.99. The van der Waals surface area contributed by atoms with Crippen LogP contribution in [0.2, 0.25) is 0 Å². The summed E-state index contributed by atoms with van der Waals surface area (Å²) >= 11 is 0. The lowest BCUT2D eigenvalue weighted by Crippen LogP contribution is -2.39. The lowest BCUT2D eigenvalue weighted by atomic mass is 9.92. The highest BCUT2D eigenvalue weighted by Gasteiger charge is 2.25. The van der Waals surface area contributed by atoms with Crippen LogP contribution in [0, 0.1) is 5.92 Å². The van der Waals surface area contributed by atoms with Gasteiger partial charge in [-0.3, -0.25) is 9.78 Å². The Morgan fingerprint density at radius 3 is 2.79 bits per heavy atom. The van der Waals surface area contributed by atoms with Crippen LogP contribution in [-0.4, -0.2) is 38.8 Å². The number of amides is 1. The van der Waals surface area contributed by atoms with Crippen LogP contribution in [0.3, 0.4) is 0 Å². The van der Waals surface area contributed by atoms with Crippen molar-refractivity contribution in [2.45, 2.75) is 19.3 Å². The van der Waals surface area contributed by atoms with Crippen molar-refractivity contribution in [1.82, 2.24) is 19.9 Å². The van der Waals surface area contributed by atoms with E-state index in [1.807, 2.05) is 53.6 Å². The predicted octanol–water partition coefficient (Wildman–Crippen LogP) is 4.21. The number of nitrogens with one attached hydrogen (secondary N) is 1. The normalized spacial score (nSPS) is 15.4. The van der Waals surface area contributed by atoms with E-state index in [9.17, 15) is 4.79 Å². The van der Waals surface area contributed by atoms with Crippen molar-refractivity contribution in [1.29, 1.82) is 0 Å². The average molecular weight is 370 g/mol. The standard InChI is InChI=1S/C23H22N4O/c28-23(19-5-3-4-17-15-24-11-8-18(17)19)27-12-9-16(10-13-27)14-22-25-20-6-1-2-7-21(20)26-22/h1-8,11,15-16H,9-10,12-14H2,(H,25,26). The highest BCUT2D eigenvalue weighted by atomic mass is 16.2. The highest BCUT2D eigenvalue weighted by molar-refractivity contribution is 6.06. The van der Waals surface area contributed by atoms with Crippen LogP contribution in [0.4, 0.5) is 0 Å². The minimum absolute atomic E-state index is 0.124. The molecule has 1 saturated heterocycles. The molecule has 0 aliphatic carbocycles. The number of nitrogens with zero attached hydrogens (tertiary/aromatic N) is 3. The molecule has 0 radical (unpaired) electrons. The SMILES string of the molecule is O=C(c1cccc2cnccc12)N1CCC(Cc2nc3ccccc3[nH]2)CC1. The number of hydrogen-bond acceptors (Lipinski definition) is 3. The lowest BCUT2D eigenvalue weighted by Gasteiger charge is -2.32. The number of imidazole rings is 1. The molecule has 2 aromatic carbocycles. The maximum absolute atomic E-state index is 13.1. The van der Waals surface area contributed by atoms with E-state index in [0.717, 1.165) is 65.5 Å². The average Bonchev–Trinajstić information content (AvgIpc) is 3.16. The molecule has 5 nitrogen and oxygen atoms in total. The van der Waals surface area contributed by atoms with E-state index in [1.54, 1.807) is 6.20 Å². The molecule has 28 heavy (non-hydrogen) atoms. The first-order valence-corrected chi connectivity index (χ1v) is 9.83. The molecule has 5 heteroatoms. The van der Waals surface area contributed by atoms with Crippen LogP contribution < -0.4 is 0 Å². The first-order chi connectivity index (χ1) is 13.8. The van der Waals surface area contributed by atoms with Crippen molar-refractivity contribution in [2.24, 2.45) is 5.92 Å². The van der Waals surface area contributed by atoms with Gasteiger partial charge < -0.3 is 9.88 Å². The number of para-hydroxylation sites is 2. The summed E-state index contributed by atoms with van der Waals surface area (Å²) < 4.78 is 0. The van der Waals surface area contributed by atoms with Gasteiger partial charge in [0.1, 0.15) is 5.82 Å². The first kappa shape index (κ1) is 16.9. The summed E-state index contributed by atoms with van der Waals surface area (Å²) in [7, 11) is 0. The Hall–Kier alpha value is -3.21. The number of likely N-dealkylation sites (tertiary alicyclic amines) is 1. The van der Waals surface area contributed by atoms with Crippen LogP contribution in [0.5, 0.6) is 0 Å². The van der Waals surface area contributed by atoms with Gasteiger partial charge in [-0.25, -0.2) is 4.98 Å². The summed E-state index contributed by atoms with van der Waals surface area (Å²) in [6.45, 7) is 1.59. The number of H-pyrrole nitrogens is 1. The second kappa shape index (κ2) is 7.08. The molecule has 0 saturated carbocycles. The summed E-state index contributed by atoms with van der Waals surface area (Å²) in [6.07, 6.45) is 6.52. The Bertz CT molecular complexity index is 1100. The molecule has 2 aromatic heterocycles. The number of aromatic nitrogens is 3. The Labute approximate surface area is 163 Å². The second-order valence-electron chi connectivity index (χ2n) is 7.54. The van der Waals surface area contributed by atoms with Crippen LogP contribution in [0.25, 0.3) is 21.8 Å². The Morgan fingerprint density at radius 1 is 1.07 bits per heavy atom. The van der Waals surface area contributed by atoms with Crippen LogP contribution >= 0.6 is 0 Å². The monoisotopic (exact) mass is 370 g/mol. The third kappa shape index (κ3) is 3.13. The topological polar surface area (TPSA) is 61.9 Å². The summed E-state index contributed by atoms with van der Waals surface area (Å²) in [5.41, 5.74) is 2.89. The third-order valence-electron chi connectivity index (χ3n) is 5.73. The Morgan fingerprint density at radius 2 is 1.93 bits per heavy atom. The van der Waals surface area contributed by atoms with E-state index < -0.39 is 0 Å². The number of benzene rings is 2. The molecule has 0 spiro atoms. The number of aromatic amines is 1. The van der Waals surface area contributed by atoms with Crippen molar-refractivity contribution >= 4 is 27.7 Å². The molecule has 0 bridgehead atoms. The van der Waals surface area contributed by atoms with Gasteiger partial charge in [0.05, 0.1) is 11.0 Å². The minimum atomic E-state index is 0.124. The molecule has 1 aliphatic heterocycles. The lowest BCUT2D eigenvalue weighted by molar-refractivity contribution is 0.0692. The van der Waals surface area contributed by atoms with E-state index in [0.29, 0.717) is 5.92 Å². The Balaban J connectivity index is 1.27. The molecule has 1 amide bonds. The molecule has 1 N–H and O–H groups in total. The van der Waals surface area contributed by atoms with E-state index in [1.165, 1.54) is 0 Å². The van der Waals surface area contributed by atoms with Gasteiger partial charge in [-0.15, -0.1) is 0 Å². The van der Waals surface area contributed by atoms with Crippen molar-refractivity contribution in [3.63, 3.8) is 0 Å². The number of fused-ring (bicyclic) bond motifs is 2. The summed E-state index contributed by atoms with van der Waals surface area (Å²) in [6, 6.07) is 15.9. The van der Waals surface area contributed by atoms with E-state index in [4.69, 9.17) is 4.98 Å². The number of carbonyl (C=O) groups excluding carboxylic acids is 1. The summed E-state index contributed by atoms with van der Waals surface area (Å²) in [5.74, 6) is 1.73. The number of piperidine rings is 1. The fourth-order valence-electron chi connectivity index (χ4n) is 4.20. The number of pyridine rings is 1. The van der Waals surface area contributed by atoms with Crippen LogP contribution in [-0.2, 0) is 6.42 Å². The van der Waals surface area contributed by atoms with Gasteiger partial charge in [0, 0.05) is 42.9 Å². The van der Waals surface area contributed by atoms with Crippen molar-refractivity contribution < 1.29 is 4.79 Å². The van der Waals surface area contributed by atoms with Crippen molar-refractivity contribution in [3.8, 4) is 0 Å². The number of hydrogen-bond donors (Lipinski definition) is 1. The van der Waals surface area contributed by atoms with Crippen molar-refractivity contribution in [3.05, 3.63) is 72.3 Å². The third-order valence-corrected chi connectivity index (χ3v) is 5.73. The highest BCUT2D eigenvalue weighted by Crippen LogP contribution is 2.25. The zero-order valence-electron chi connectivity index (χ0n) is 15.6. The molecule has 140 valence electrons. The molecule has 4 aromatic rings. The van der Waals surface area contributed by atoms with Gasteiger partial charge in [0.25, 0.3) is 5.91 Å². The van der Waals surface area contributed by atoms with Gasteiger partial charge in [0.2, 0.25) is 0 Å². The van der Waals surface area contributed by atoms with Crippen LogP contribution in [0.1, 0.15) is 29.0 Å². The van der Waals surface area contributed by atoms with Gasteiger partial charge >= 0.3 is 0 Å². The molecule has 1 fully saturated rings. The number of carbonyl (C=O) groups is 1. The van der Waals surface area contributed by atoms with Gasteiger partial charge in [-0.05, 0) is 48.4 Å². The minimum Gasteiger partial charge on any atom is -0.342 e. The largest absolute Gasteiger partial charge is 0.342 e. The molecule has 5 rings (SSSR count). The molecule has 0 atom stereocenters. The van der Waals surface area contributed by atoms with E-state index >= 15 is 0 Å². The van der Waals surface area contributed by atoms with Crippen LogP contribution in [0.15, 0.2) is 60.9 Å². The van der Waals surface area contributed by atoms with Crippen molar-refractivity contribution in [2.75, 3.05) is 13.1 Å². The second-order valence-corrected chi connectivity index (χ2v) is 7.54. The molecular weight excluding hydrogens is 348 g/mol. The number of rotatable bonds is 3. The molecule has 0 unspecified atom stereocenters. The van der Waals surface area contributed by atoms with Gasteiger partial charge in [-0.2, -0.15) is 0 Å². The van der Waals surface area contributed by atoms with E-state index in [-0.39, 0.29) is 5.91 Å².